The minimum Gasteiger partial charge on any atom is -0.321 e. The van der Waals surface area contributed by atoms with E-state index in [1.54, 1.807) is 18.3 Å². The van der Waals surface area contributed by atoms with Crippen LogP contribution in [0.3, 0.4) is 0 Å². The molecule has 0 saturated carbocycles. The predicted octanol–water partition coefficient (Wildman–Crippen LogP) is 1.83. The highest BCUT2D eigenvalue weighted by atomic mass is 16.1. The van der Waals surface area contributed by atoms with Crippen molar-refractivity contribution < 1.29 is 0 Å². The van der Waals surface area contributed by atoms with Crippen molar-refractivity contribution >= 4 is 10.9 Å². The van der Waals surface area contributed by atoms with Crippen LogP contribution in [0.5, 0.6) is 0 Å². The molecular formula is C15H17N5O. The third-order valence-corrected chi connectivity index (χ3v) is 3.63. The summed E-state index contributed by atoms with van der Waals surface area (Å²) in [6.45, 7) is 3.91. The average molecular weight is 283 g/mol. The minimum absolute atomic E-state index is 0.133. The van der Waals surface area contributed by atoms with Crippen molar-refractivity contribution in [1.29, 1.82) is 0 Å². The van der Waals surface area contributed by atoms with Crippen molar-refractivity contribution in [3.05, 3.63) is 52.2 Å². The molecular weight excluding hydrogens is 266 g/mol. The highest BCUT2D eigenvalue weighted by Crippen LogP contribution is 2.19. The fourth-order valence-corrected chi connectivity index (χ4v) is 2.41. The highest BCUT2D eigenvalue weighted by molar-refractivity contribution is 5.81. The smallest absolute Gasteiger partial charge is 0.267 e. The van der Waals surface area contributed by atoms with Gasteiger partial charge in [-0.1, -0.05) is 19.1 Å². The molecule has 0 fully saturated rings. The number of hydrogen-bond acceptors (Lipinski definition) is 4. The molecule has 2 heterocycles. The van der Waals surface area contributed by atoms with Crippen molar-refractivity contribution in [2.24, 2.45) is 5.73 Å². The van der Waals surface area contributed by atoms with Gasteiger partial charge in [0.15, 0.2) is 0 Å². The van der Waals surface area contributed by atoms with E-state index in [1.165, 1.54) is 4.57 Å². The number of nitrogens with one attached hydrogen (secondary N) is 1. The van der Waals surface area contributed by atoms with Crippen molar-refractivity contribution in [2.45, 2.75) is 26.3 Å². The van der Waals surface area contributed by atoms with Gasteiger partial charge in [-0.25, -0.2) is 9.55 Å². The van der Waals surface area contributed by atoms with E-state index in [1.807, 2.05) is 26.0 Å². The molecule has 0 aliphatic rings. The monoisotopic (exact) mass is 283 g/mol. The summed E-state index contributed by atoms with van der Waals surface area (Å²) in [6.07, 6.45) is 2.29. The molecule has 2 aromatic heterocycles. The van der Waals surface area contributed by atoms with Gasteiger partial charge in [0, 0.05) is 6.07 Å². The molecule has 3 N–H and O–H groups in total. The standard InChI is InChI=1S/C15H17N5O/c1-3-11(16)14-18-13-9(2)5-4-6-10(13)15(21)20(14)12-7-8-17-19-12/h4-8,11H,3,16H2,1-2H3,(H,17,19)/t11-/m0/s1. The normalized spacial score (nSPS) is 12.7. The summed E-state index contributed by atoms with van der Waals surface area (Å²) in [6, 6.07) is 7.00. The molecule has 0 spiro atoms. The lowest BCUT2D eigenvalue weighted by atomic mass is 10.1. The molecule has 0 radical (unpaired) electrons. The highest BCUT2D eigenvalue weighted by Gasteiger charge is 2.18. The summed E-state index contributed by atoms with van der Waals surface area (Å²) >= 11 is 0. The van der Waals surface area contributed by atoms with Crippen molar-refractivity contribution in [3.63, 3.8) is 0 Å². The Labute approximate surface area is 121 Å². The molecule has 21 heavy (non-hydrogen) atoms. The van der Waals surface area contributed by atoms with E-state index in [9.17, 15) is 4.79 Å². The first-order chi connectivity index (χ1) is 10.1. The summed E-state index contributed by atoms with van der Waals surface area (Å²) in [5.41, 5.74) is 7.69. The molecule has 0 saturated heterocycles. The van der Waals surface area contributed by atoms with Crippen LogP contribution in [0.4, 0.5) is 0 Å². The van der Waals surface area contributed by atoms with Crippen molar-refractivity contribution in [1.82, 2.24) is 19.7 Å². The average Bonchev–Trinajstić information content (AvgIpc) is 3.01. The molecule has 1 atom stereocenters. The Balaban J connectivity index is 2.44. The van der Waals surface area contributed by atoms with Gasteiger partial charge >= 0.3 is 0 Å². The van der Waals surface area contributed by atoms with Gasteiger partial charge in [0.05, 0.1) is 23.1 Å². The Bertz CT molecular complexity index is 835. The first-order valence-corrected chi connectivity index (χ1v) is 6.91. The van der Waals surface area contributed by atoms with E-state index in [-0.39, 0.29) is 11.6 Å². The van der Waals surface area contributed by atoms with Crippen LogP contribution in [0.25, 0.3) is 16.7 Å². The molecule has 3 aromatic rings. The van der Waals surface area contributed by atoms with E-state index < -0.39 is 0 Å². The minimum atomic E-state index is -0.315. The van der Waals surface area contributed by atoms with Gasteiger partial charge in [-0.2, -0.15) is 5.10 Å². The van der Waals surface area contributed by atoms with Crippen LogP contribution in [-0.4, -0.2) is 19.7 Å². The molecule has 1 aromatic carbocycles. The SMILES string of the molecule is CC[C@H](N)c1nc2c(C)cccc2c(=O)n1-c1ccn[nH]1. The third kappa shape index (κ3) is 2.13. The van der Waals surface area contributed by atoms with E-state index in [0.717, 1.165) is 5.56 Å². The van der Waals surface area contributed by atoms with E-state index in [2.05, 4.69) is 15.2 Å². The lowest BCUT2D eigenvalue weighted by Crippen LogP contribution is -2.28. The van der Waals surface area contributed by atoms with Gasteiger partial charge in [0.25, 0.3) is 5.56 Å². The first-order valence-electron chi connectivity index (χ1n) is 6.91. The van der Waals surface area contributed by atoms with Crippen LogP contribution in [0, 0.1) is 6.92 Å². The number of nitrogens with zero attached hydrogens (tertiary/aromatic N) is 3. The van der Waals surface area contributed by atoms with E-state index in [4.69, 9.17) is 5.73 Å². The zero-order chi connectivity index (χ0) is 15.0. The summed E-state index contributed by atoms with van der Waals surface area (Å²) in [5.74, 6) is 1.13. The summed E-state index contributed by atoms with van der Waals surface area (Å²) in [4.78, 5) is 17.5. The van der Waals surface area contributed by atoms with Crippen LogP contribution in [0.15, 0.2) is 35.3 Å². The van der Waals surface area contributed by atoms with Gasteiger partial charge < -0.3 is 5.73 Å². The molecule has 0 aliphatic carbocycles. The fraction of sp³-hybridized carbons (Fsp3) is 0.267. The second-order valence-corrected chi connectivity index (χ2v) is 5.04. The van der Waals surface area contributed by atoms with Gasteiger partial charge in [0.1, 0.15) is 11.6 Å². The Morgan fingerprint density at radius 3 is 2.86 bits per heavy atom. The number of rotatable bonds is 3. The van der Waals surface area contributed by atoms with Crippen LogP contribution < -0.4 is 11.3 Å². The van der Waals surface area contributed by atoms with E-state index in [0.29, 0.717) is 29.0 Å². The fourth-order valence-electron chi connectivity index (χ4n) is 2.41. The quantitative estimate of drug-likeness (QED) is 0.767. The summed E-state index contributed by atoms with van der Waals surface area (Å²) in [7, 11) is 0. The predicted molar refractivity (Wildman–Crippen MR) is 81.4 cm³/mol. The van der Waals surface area contributed by atoms with Crippen LogP contribution >= 0.6 is 0 Å². The largest absolute Gasteiger partial charge is 0.321 e. The Morgan fingerprint density at radius 2 is 2.19 bits per heavy atom. The maximum Gasteiger partial charge on any atom is 0.267 e. The molecule has 0 aliphatic heterocycles. The Hall–Kier alpha value is -2.47. The number of aromatic nitrogens is 4. The lowest BCUT2D eigenvalue weighted by molar-refractivity contribution is 0.618. The number of para-hydroxylation sites is 1. The number of H-pyrrole nitrogens is 1. The van der Waals surface area contributed by atoms with Crippen LogP contribution in [0.1, 0.15) is 30.8 Å². The third-order valence-electron chi connectivity index (χ3n) is 3.63. The van der Waals surface area contributed by atoms with Crippen LogP contribution in [0.2, 0.25) is 0 Å². The Morgan fingerprint density at radius 1 is 1.38 bits per heavy atom. The lowest BCUT2D eigenvalue weighted by Gasteiger charge is -2.16. The molecule has 0 unspecified atom stereocenters. The maximum atomic E-state index is 12.8. The van der Waals surface area contributed by atoms with Crippen molar-refractivity contribution in [2.75, 3.05) is 0 Å². The number of aromatic amines is 1. The van der Waals surface area contributed by atoms with Gasteiger partial charge in [0.2, 0.25) is 0 Å². The zero-order valence-electron chi connectivity index (χ0n) is 12.0. The Kier molecular flexibility index (Phi) is 3.31. The molecule has 6 heteroatoms. The second kappa shape index (κ2) is 5.14. The number of hydrogen-bond donors (Lipinski definition) is 2. The topological polar surface area (TPSA) is 89.6 Å². The number of nitrogens with two attached hydrogens (primary N) is 1. The maximum absolute atomic E-state index is 12.8. The molecule has 0 bridgehead atoms. The van der Waals surface area contributed by atoms with E-state index >= 15 is 0 Å². The second-order valence-electron chi connectivity index (χ2n) is 5.04. The van der Waals surface area contributed by atoms with Crippen LogP contribution in [-0.2, 0) is 0 Å². The number of benzene rings is 1. The number of fused-ring (bicyclic) bond motifs is 1. The molecule has 0 amide bonds. The summed E-state index contributed by atoms with van der Waals surface area (Å²) in [5, 5.41) is 7.30. The molecule has 6 nitrogen and oxygen atoms in total. The summed E-state index contributed by atoms with van der Waals surface area (Å²) < 4.78 is 1.52. The van der Waals surface area contributed by atoms with Crippen molar-refractivity contribution in [3.8, 4) is 5.82 Å². The molecule has 3 rings (SSSR count). The van der Waals surface area contributed by atoms with Gasteiger partial charge in [-0.05, 0) is 25.0 Å². The van der Waals surface area contributed by atoms with Gasteiger partial charge in [-0.3, -0.25) is 9.89 Å². The number of aryl methyl sites for hydroxylation is 1. The molecule has 108 valence electrons. The van der Waals surface area contributed by atoms with Gasteiger partial charge in [-0.15, -0.1) is 0 Å². The first kappa shape index (κ1) is 13.5. The zero-order valence-corrected chi connectivity index (χ0v) is 12.0.